The number of hydrogen-bond donors (Lipinski definition) is 2. The molecule has 0 amide bonds. The molecule has 1 aromatic carbocycles. The number of benzene rings is 1. The second kappa shape index (κ2) is 10.1. The highest BCUT2D eigenvalue weighted by Gasteiger charge is 2.51. The van der Waals surface area contributed by atoms with Crippen molar-refractivity contribution in [3.05, 3.63) is 34.4 Å². The number of hydrogen-bond acceptors (Lipinski definition) is 2. The first-order chi connectivity index (χ1) is 14.0. The Kier molecular flexibility index (Phi) is 8.81. The quantitative estimate of drug-likeness (QED) is 0.429. The molecule has 3 nitrogen and oxygen atoms in total. The third-order valence-corrected chi connectivity index (χ3v) is 5.05. The third-order valence-electron chi connectivity index (χ3n) is 5.05. The van der Waals surface area contributed by atoms with Gasteiger partial charge < -0.3 is 10.8 Å². The SMILES string of the molecule is CCC(CCCc1ccc(C(F)(F)F)c(C(F)(F)F)c1C(F)(F)F)CC(CN)C(=O)O. The van der Waals surface area contributed by atoms with E-state index in [1.54, 1.807) is 6.92 Å². The lowest BCUT2D eigenvalue weighted by atomic mass is 9.86. The van der Waals surface area contributed by atoms with Crippen LogP contribution in [-0.4, -0.2) is 17.6 Å². The molecule has 12 heteroatoms. The van der Waals surface area contributed by atoms with Gasteiger partial charge >= 0.3 is 24.5 Å². The normalized spacial score (nSPS) is 15.1. The van der Waals surface area contributed by atoms with E-state index in [4.69, 9.17) is 10.8 Å². The van der Waals surface area contributed by atoms with E-state index in [-0.39, 0.29) is 37.8 Å². The van der Waals surface area contributed by atoms with Gasteiger partial charge in [-0.1, -0.05) is 25.8 Å². The van der Waals surface area contributed by atoms with Crippen molar-refractivity contribution in [2.24, 2.45) is 17.6 Å². The Bertz CT molecular complexity index is 754. The van der Waals surface area contributed by atoms with Crippen LogP contribution in [0, 0.1) is 11.8 Å². The summed E-state index contributed by atoms with van der Waals surface area (Å²) in [6.07, 6.45) is -17.0. The Morgan fingerprint density at radius 1 is 0.968 bits per heavy atom. The van der Waals surface area contributed by atoms with Crippen molar-refractivity contribution in [2.45, 2.75) is 57.6 Å². The molecule has 178 valence electrons. The van der Waals surface area contributed by atoms with Gasteiger partial charge in [0.15, 0.2) is 0 Å². The molecule has 0 radical (unpaired) electrons. The van der Waals surface area contributed by atoms with E-state index >= 15 is 0 Å². The summed E-state index contributed by atoms with van der Waals surface area (Å²) in [5, 5.41) is 9.04. The number of aryl methyl sites for hydroxylation is 1. The summed E-state index contributed by atoms with van der Waals surface area (Å²) in [6, 6.07) is 0.432. The Morgan fingerprint density at radius 3 is 1.90 bits per heavy atom. The fourth-order valence-electron chi connectivity index (χ4n) is 3.48. The zero-order valence-electron chi connectivity index (χ0n) is 16.4. The standard InChI is InChI=1S/C19H22F9NO2/c1-2-10(8-12(9-29)16(30)31)4-3-5-11-6-7-13(17(20,21)22)15(19(26,27)28)14(11)18(23,24)25/h6-7,10,12H,2-5,8-9,29H2,1H3,(H,30,31). The molecule has 0 spiro atoms. The van der Waals surface area contributed by atoms with Gasteiger partial charge in [0.05, 0.1) is 22.6 Å². The van der Waals surface area contributed by atoms with Crippen LogP contribution in [0.25, 0.3) is 0 Å². The van der Waals surface area contributed by atoms with Crippen LogP contribution in [-0.2, 0) is 29.7 Å². The topological polar surface area (TPSA) is 63.3 Å². The minimum atomic E-state index is -5.87. The lowest BCUT2D eigenvalue weighted by molar-refractivity contribution is -0.175. The van der Waals surface area contributed by atoms with Crippen molar-refractivity contribution in [2.75, 3.05) is 6.54 Å². The minimum absolute atomic E-state index is 0.0135. The van der Waals surface area contributed by atoms with Crippen LogP contribution in [0.2, 0.25) is 0 Å². The fraction of sp³-hybridized carbons (Fsp3) is 0.632. The molecule has 1 aromatic rings. The van der Waals surface area contributed by atoms with Crippen molar-refractivity contribution in [3.63, 3.8) is 0 Å². The van der Waals surface area contributed by atoms with E-state index in [1.807, 2.05) is 0 Å². The van der Waals surface area contributed by atoms with Gasteiger partial charge in [0.25, 0.3) is 0 Å². The van der Waals surface area contributed by atoms with Crippen molar-refractivity contribution in [1.82, 2.24) is 0 Å². The zero-order chi connectivity index (χ0) is 24.2. The second-order valence-corrected chi connectivity index (χ2v) is 7.19. The molecule has 0 aliphatic carbocycles. The summed E-state index contributed by atoms with van der Waals surface area (Å²) in [4.78, 5) is 11.1. The van der Waals surface area contributed by atoms with Gasteiger partial charge in [0.1, 0.15) is 0 Å². The van der Waals surface area contributed by atoms with Gasteiger partial charge in [0, 0.05) is 6.54 Å². The molecule has 0 saturated carbocycles. The second-order valence-electron chi connectivity index (χ2n) is 7.19. The maximum absolute atomic E-state index is 13.4. The first-order valence-electron chi connectivity index (χ1n) is 9.34. The molecule has 0 bridgehead atoms. The number of rotatable bonds is 9. The Hall–Kier alpha value is -1.98. The maximum Gasteiger partial charge on any atom is 0.417 e. The molecule has 2 unspecified atom stereocenters. The lowest BCUT2D eigenvalue weighted by Gasteiger charge is -2.24. The number of nitrogens with two attached hydrogens (primary N) is 1. The summed E-state index contributed by atoms with van der Waals surface area (Å²) in [6.45, 7) is 1.55. The van der Waals surface area contributed by atoms with Crippen LogP contribution in [0.3, 0.4) is 0 Å². The average Bonchev–Trinajstić information content (AvgIpc) is 2.61. The summed E-state index contributed by atoms with van der Waals surface area (Å²) >= 11 is 0. The molecule has 0 fully saturated rings. The van der Waals surface area contributed by atoms with Crippen molar-refractivity contribution in [3.8, 4) is 0 Å². The first kappa shape index (κ1) is 27.1. The van der Waals surface area contributed by atoms with E-state index in [2.05, 4.69) is 0 Å². The number of carboxylic acid groups (broad SMARTS) is 1. The van der Waals surface area contributed by atoms with E-state index in [1.165, 1.54) is 0 Å². The molecule has 0 aliphatic heterocycles. The molecule has 31 heavy (non-hydrogen) atoms. The Balaban J connectivity index is 3.25. The van der Waals surface area contributed by atoms with Gasteiger partial charge in [-0.05, 0) is 36.8 Å². The van der Waals surface area contributed by atoms with E-state index in [9.17, 15) is 44.3 Å². The average molecular weight is 467 g/mol. The van der Waals surface area contributed by atoms with Crippen LogP contribution in [0.4, 0.5) is 39.5 Å². The highest BCUT2D eigenvalue weighted by atomic mass is 19.4. The third kappa shape index (κ3) is 7.29. The van der Waals surface area contributed by atoms with Crippen molar-refractivity contribution >= 4 is 5.97 Å². The molecule has 0 aromatic heterocycles. The molecule has 0 saturated heterocycles. The molecule has 2 atom stereocenters. The highest BCUT2D eigenvalue weighted by Crippen LogP contribution is 2.48. The van der Waals surface area contributed by atoms with Crippen molar-refractivity contribution < 1.29 is 49.4 Å². The summed E-state index contributed by atoms with van der Waals surface area (Å²) in [7, 11) is 0. The number of carbonyl (C=O) groups is 1. The summed E-state index contributed by atoms with van der Waals surface area (Å²) in [5.74, 6) is -2.29. The van der Waals surface area contributed by atoms with Gasteiger partial charge in [-0.25, -0.2) is 0 Å². The predicted octanol–water partition coefficient (Wildman–Crippen LogP) is 6.14. The minimum Gasteiger partial charge on any atom is -0.481 e. The monoisotopic (exact) mass is 467 g/mol. The van der Waals surface area contributed by atoms with E-state index < -0.39 is 59.1 Å². The largest absolute Gasteiger partial charge is 0.481 e. The number of halogens is 9. The van der Waals surface area contributed by atoms with Crippen LogP contribution < -0.4 is 5.73 Å². The van der Waals surface area contributed by atoms with Crippen LogP contribution in [0.1, 0.15) is 54.9 Å². The first-order valence-corrected chi connectivity index (χ1v) is 9.34. The summed E-state index contributed by atoms with van der Waals surface area (Å²) in [5.41, 5.74) is -3.00. The molecule has 0 aliphatic rings. The van der Waals surface area contributed by atoms with Gasteiger partial charge in [0.2, 0.25) is 0 Å². The van der Waals surface area contributed by atoms with Gasteiger partial charge in [-0.3, -0.25) is 4.79 Å². The van der Waals surface area contributed by atoms with E-state index in [0.29, 0.717) is 12.5 Å². The smallest absolute Gasteiger partial charge is 0.417 e. The lowest BCUT2D eigenvalue weighted by Crippen LogP contribution is -2.26. The van der Waals surface area contributed by atoms with Gasteiger partial charge in [-0.2, -0.15) is 39.5 Å². The summed E-state index contributed by atoms with van der Waals surface area (Å²) < 4.78 is 119. The van der Waals surface area contributed by atoms with Crippen molar-refractivity contribution in [1.29, 1.82) is 0 Å². The van der Waals surface area contributed by atoms with Gasteiger partial charge in [-0.15, -0.1) is 0 Å². The van der Waals surface area contributed by atoms with Crippen LogP contribution in [0.5, 0.6) is 0 Å². The number of alkyl halides is 9. The van der Waals surface area contributed by atoms with Crippen LogP contribution in [0.15, 0.2) is 12.1 Å². The number of aliphatic carboxylic acids is 1. The molecular weight excluding hydrogens is 445 g/mol. The number of carboxylic acids is 1. The molecule has 0 heterocycles. The van der Waals surface area contributed by atoms with E-state index in [0.717, 1.165) is 0 Å². The highest BCUT2D eigenvalue weighted by molar-refractivity contribution is 5.70. The molecular formula is C19H22F9NO2. The zero-order valence-corrected chi connectivity index (χ0v) is 16.4. The molecule has 1 rings (SSSR count). The maximum atomic E-state index is 13.4. The van der Waals surface area contributed by atoms with Crippen LogP contribution >= 0.6 is 0 Å². The Morgan fingerprint density at radius 2 is 1.52 bits per heavy atom. The fourth-order valence-corrected chi connectivity index (χ4v) is 3.48. The Labute approximate surface area is 172 Å². The predicted molar refractivity (Wildman–Crippen MR) is 93.0 cm³/mol. The molecule has 3 N–H and O–H groups in total.